The largest absolute Gasteiger partial charge is 0.393 e. The Balaban J connectivity index is 2.53. The SMILES string of the molecule is C[C@H](O)CCC1(O)C=CC(=O)C=C1. The predicted molar refractivity (Wildman–Crippen MR) is 49.2 cm³/mol. The Kier molecular flexibility index (Phi) is 3.01. The van der Waals surface area contributed by atoms with Crippen molar-refractivity contribution in [1.82, 2.24) is 0 Å². The minimum Gasteiger partial charge on any atom is -0.393 e. The van der Waals surface area contributed by atoms with Gasteiger partial charge in [-0.1, -0.05) is 0 Å². The van der Waals surface area contributed by atoms with Crippen LogP contribution >= 0.6 is 0 Å². The Bertz CT molecular complexity index is 235. The average molecular weight is 182 g/mol. The van der Waals surface area contributed by atoms with Crippen LogP contribution in [-0.4, -0.2) is 27.7 Å². The van der Waals surface area contributed by atoms with Gasteiger partial charge in [0, 0.05) is 0 Å². The molecule has 0 fully saturated rings. The van der Waals surface area contributed by atoms with Gasteiger partial charge >= 0.3 is 0 Å². The van der Waals surface area contributed by atoms with Gasteiger partial charge in [0.15, 0.2) is 5.78 Å². The molecule has 3 heteroatoms. The van der Waals surface area contributed by atoms with E-state index in [1.54, 1.807) is 6.92 Å². The highest BCUT2D eigenvalue weighted by atomic mass is 16.3. The maximum atomic E-state index is 10.8. The number of hydrogen-bond donors (Lipinski definition) is 2. The molecule has 0 radical (unpaired) electrons. The number of carbonyl (C=O) groups excluding carboxylic acids is 1. The molecule has 0 aliphatic heterocycles. The van der Waals surface area contributed by atoms with Crippen molar-refractivity contribution >= 4 is 5.78 Å². The van der Waals surface area contributed by atoms with Gasteiger partial charge in [0.2, 0.25) is 0 Å². The Labute approximate surface area is 77.4 Å². The van der Waals surface area contributed by atoms with Gasteiger partial charge in [-0.2, -0.15) is 0 Å². The van der Waals surface area contributed by atoms with E-state index in [1.807, 2.05) is 0 Å². The number of hydrogen-bond acceptors (Lipinski definition) is 3. The molecular formula is C10H14O3. The van der Waals surface area contributed by atoms with Gasteiger partial charge < -0.3 is 10.2 Å². The normalized spacial score (nSPS) is 21.9. The molecule has 0 saturated carbocycles. The topological polar surface area (TPSA) is 57.5 Å². The molecule has 0 spiro atoms. The summed E-state index contributed by atoms with van der Waals surface area (Å²) < 4.78 is 0. The van der Waals surface area contributed by atoms with Crippen molar-refractivity contribution in [3.63, 3.8) is 0 Å². The van der Waals surface area contributed by atoms with Crippen LogP contribution in [0.15, 0.2) is 24.3 Å². The lowest BCUT2D eigenvalue weighted by atomic mass is 9.91. The molecule has 0 saturated heterocycles. The predicted octanol–water partition coefficient (Wildman–Crippen LogP) is 0.574. The zero-order valence-corrected chi connectivity index (χ0v) is 7.60. The Hall–Kier alpha value is -0.930. The molecule has 1 rings (SSSR count). The highest BCUT2D eigenvalue weighted by Crippen LogP contribution is 2.20. The lowest BCUT2D eigenvalue weighted by Gasteiger charge is -2.22. The fourth-order valence-electron chi connectivity index (χ4n) is 1.17. The number of allylic oxidation sites excluding steroid dienone is 2. The van der Waals surface area contributed by atoms with Crippen LogP contribution in [0.4, 0.5) is 0 Å². The Morgan fingerprint density at radius 3 is 2.46 bits per heavy atom. The summed E-state index contributed by atoms with van der Waals surface area (Å²) >= 11 is 0. The second-order valence-electron chi connectivity index (χ2n) is 3.45. The van der Waals surface area contributed by atoms with E-state index < -0.39 is 11.7 Å². The van der Waals surface area contributed by atoms with Gasteiger partial charge in [-0.25, -0.2) is 0 Å². The highest BCUT2D eigenvalue weighted by Gasteiger charge is 2.23. The first kappa shape index (κ1) is 10.2. The molecule has 0 aromatic heterocycles. The summed E-state index contributed by atoms with van der Waals surface area (Å²) in [4.78, 5) is 10.8. The number of aliphatic hydroxyl groups excluding tert-OH is 1. The third-order valence-electron chi connectivity index (χ3n) is 2.04. The molecule has 0 bridgehead atoms. The lowest BCUT2D eigenvalue weighted by Crippen LogP contribution is -2.26. The third kappa shape index (κ3) is 3.13. The second-order valence-corrected chi connectivity index (χ2v) is 3.45. The maximum Gasteiger partial charge on any atom is 0.178 e. The van der Waals surface area contributed by atoms with Crippen LogP contribution in [-0.2, 0) is 4.79 Å². The molecule has 2 N–H and O–H groups in total. The number of rotatable bonds is 3. The van der Waals surface area contributed by atoms with E-state index in [1.165, 1.54) is 24.3 Å². The van der Waals surface area contributed by atoms with Gasteiger partial charge in [0.25, 0.3) is 0 Å². The minimum atomic E-state index is -1.05. The highest BCUT2D eigenvalue weighted by molar-refractivity contribution is 6.00. The first-order valence-electron chi connectivity index (χ1n) is 4.35. The first-order valence-corrected chi connectivity index (χ1v) is 4.35. The van der Waals surface area contributed by atoms with Crippen LogP contribution in [0.3, 0.4) is 0 Å². The van der Waals surface area contributed by atoms with Crippen LogP contribution in [0.5, 0.6) is 0 Å². The summed E-state index contributed by atoms with van der Waals surface area (Å²) in [6.07, 6.45) is 6.16. The fraction of sp³-hybridized carbons (Fsp3) is 0.500. The number of ketones is 1. The van der Waals surface area contributed by atoms with Gasteiger partial charge in [0.1, 0.15) is 5.60 Å². The molecule has 0 aromatic carbocycles. The molecule has 0 aromatic rings. The second kappa shape index (κ2) is 3.85. The van der Waals surface area contributed by atoms with E-state index in [9.17, 15) is 9.90 Å². The van der Waals surface area contributed by atoms with Crippen LogP contribution in [0.1, 0.15) is 19.8 Å². The number of aliphatic hydroxyl groups is 2. The Morgan fingerprint density at radius 1 is 1.46 bits per heavy atom. The molecule has 1 aliphatic rings. The third-order valence-corrected chi connectivity index (χ3v) is 2.04. The van der Waals surface area contributed by atoms with Crippen molar-refractivity contribution < 1.29 is 15.0 Å². The van der Waals surface area contributed by atoms with Crippen molar-refractivity contribution in [3.8, 4) is 0 Å². The fourth-order valence-corrected chi connectivity index (χ4v) is 1.17. The zero-order valence-electron chi connectivity index (χ0n) is 7.60. The van der Waals surface area contributed by atoms with Crippen molar-refractivity contribution in [1.29, 1.82) is 0 Å². The molecular weight excluding hydrogens is 168 g/mol. The first-order chi connectivity index (χ1) is 6.02. The summed E-state index contributed by atoms with van der Waals surface area (Å²) in [6, 6.07) is 0. The van der Waals surface area contributed by atoms with Gasteiger partial charge in [-0.3, -0.25) is 4.79 Å². The van der Waals surface area contributed by atoms with E-state index in [4.69, 9.17) is 5.11 Å². The average Bonchev–Trinajstić information content (AvgIpc) is 2.08. The summed E-state index contributed by atoms with van der Waals surface area (Å²) in [6.45, 7) is 1.67. The monoisotopic (exact) mass is 182 g/mol. The van der Waals surface area contributed by atoms with Gasteiger partial charge in [0.05, 0.1) is 6.10 Å². The molecule has 0 unspecified atom stereocenters. The smallest absolute Gasteiger partial charge is 0.178 e. The summed E-state index contributed by atoms with van der Waals surface area (Å²) in [5.41, 5.74) is -1.05. The van der Waals surface area contributed by atoms with E-state index in [2.05, 4.69) is 0 Å². The quantitative estimate of drug-likeness (QED) is 0.671. The van der Waals surface area contributed by atoms with E-state index in [0.29, 0.717) is 12.8 Å². The van der Waals surface area contributed by atoms with Crippen molar-refractivity contribution in [2.45, 2.75) is 31.5 Å². The van der Waals surface area contributed by atoms with Crippen LogP contribution < -0.4 is 0 Å². The van der Waals surface area contributed by atoms with Gasteiger partial charge in [-0.05, 0) is 44.1 Å². The molecule has 13 heavy (non-hydrogen) atoms. The van der Waals surface area contributed by atoms with Crippen LogP contribution in [0, 0.1) is 0 Å². The molecule has 0 heterocycles. The maximum absolute atomic E-state index is 10.8. The number of carbonyl (C=O) groups is 1. The molecule has 72 valence electrons. The molecule has 1 aliphatic carbocycles. The summed E-state index contributed by atoms with van der Waals surface area (Å²) in [5, 5.41) is 18.8. The molecule has 0 amide bonds. The molecule has 1 atom stereocenters. The van der Waals surface area contributed by atoms with Gasteiger partial charge in [-0.15, -0.1) is 0 Å². The molecule has 3 nitrogen and oxygen atoms in total. The zero-order chi connectivity index (χ0) is 9.90. The van der Waals surface area contributed by atoms with E-state index in [-0.39, 0.29) is 5.78 Å². The van der Waals surface area contributed by atoms with Crippen molar-refractivity contribution in [3.05, 3.63) is 24.3 Å². The minimum absolute atomic E-state index is 0.110. The van der Waals surface area contributed by atoms with Crippen LogP contribution in [0.2, 0.25) is 0 Å². The lowest BCUT2D eigenvalue weighted by molar-refractivity contribution is -0.110. The van der Waals surface area contributed by atoms with Crippen LogP contribution in [0.25, 0.3) is 0 Å². The van der Waals surface area contributed by atoms with E-state index in [0.717, 1.165) is 0 Å². The summed E-state index contributed by atoms with van der Waals surface area (Å²) in [7, 11) is 0. The Morgan fingerprint density at radius 2 is 2.00 bits per heavy atom. The summed E-state index contributed by atoms with van der Waals surface area (Å²) in [5.74, 6) is -0.110. The standard InChI is InChI=1S/C10H14O3/c1-8(11)2-5-10(13)6-3-9(12)4-7-10/h3-4,6-8,11,13H,2,5H2,1H3/t8-/m0/s1. The van der Waals surface area contributed by atoms with E-state index >= 15 is 0 Å². The van der Waals surface area contributed by atoms with Crippen molar-refractivity contribution in [2.75, 3.05) is 0 Å². The van der Waals surface area contributed by atoms with Crippen molar-refractivity contribution in [2.24, 2.45) is 0 Å².